The van der Waals surface area contributed by atoms with E-state index in [4.69, 9.17) is 19.4 Å². The molecule has 10 nitrogen and oxygen atoms in total. The molecule has 0 amide bonds. The first-order chi connectivity index (χ1) is 32.4. The van der Waals surface area contributed by atoms with Crippen LogP contribution < -0.4 is 9.47 Å². The molecule has 7 aromatic rings. The summed E-state index contributed by atoms with van der Waals surface area (Å²) < 4.78 is 16.1. The van der Waals surface area contributed by atoms with Gasteiger partial charge in [-0.25, -0.2) is 9.97 Å². The van der Waals surface area contributed by atoms with Crippen LogP contribution in [0.1, 0.15) is 114 Å². The van der Waals surface area contributed by atoms with Crippen molar-refractivity contribution >= 4 is 46.4 Å². The molecule has 0 fully saturated rings. The van der Waals surface area contributed by atoms with Gasteiger partial charge < -0.3 is 19.4 Å². The van der Waals surface area contributed by atoms with Crippen molar-refractivity contribution in [2.75, 3.05) is 13.2 Å². The number of benzene rings is 2. The van der Waals surface area contributed by atoms with Crippen LogP contribution in [-0.2, 0) is 14.1 Å². The molecular weight excluding hydrogens is 817 g/mol. The molecule has 0 unspecified atom stereocenters. The number of aromatic nitrogens is 8. The Labute approximate surface area is 388 Å². The maximum atomic E-state index is 6.23. The summed E-state index contributed by atoms with van der Waals surface area (Å²) in [5.74, 6) is 1.74. The third kappa shape index (κ3) is 10.1. The monoisotopic (exact) mass is 878 g/mol. The Hall–Kier alpha value is -6.94. The van der Waals surface area contributed by atoms with Gasteiger partial charge >= 0.3 is 0 Å². The van der Waals surface area contributed by atoms with Crippen LogP contribution in [0.4, 0.5) is 0 Å². The summed E-state index contributed by atoms with van der Waals surface area (Å²) in [6, 6.07) is 25.5. The molecule has 0 aliphatic carbocycles. The van der Waals surface area contributed by atoms with Gasteiger partial charge in [0, 0.05) is 81.9 Å². The Morgan fingerprint density at radius 1 is 0.409 bits per heavy atom. The Bertz CT molecular complexity index is 2780. The lowest BCUT2D eigenvalue weighted by atomic mass is 10.0. The quantitative estimate of drug-likeness (QED) is 0.0738. The normalized spacial score (nSPS) is 12.1. The van der Waals surface area contributed by atoms with Crippen LogP contribution in [0.2, 0.25) is 0 Å². The molecule has 0 saturated carbocycles. The number of unbranched alkanes of at least 4 members (excludes halogenated alkanes) is 10. The number of nitrogens with zero attached hydrogens (tertiary/aromatic N) is 6. The topological polar surface area (TPSA) is 111 Å². The standard InChI is InChI=1S/C56H62N8O2/c1-5-7-9-11-13-15-33-65-43-21-17-39(18-22-43)53-45-25-29-49(59-45)55(41-35-57-63(3)37-41)51-31-27-47(61-51)54(40-19-23-44(24-20-40)66-34-16-14-12-10-8-6-2)48-28-32-52(62-48)56(42-36-58-64(4)38-42)50-30-26-46(53)60-50/h17-32,35-38,59,62H,5-16,33-34H2,1-4H3. The Balaban J connectivity index is 1.19. The minimum absolute atomic E-state index is 0.716. The lowest BCUT2D eigenvalue weighted by molar-refractivity contribution is 0.304. The summed E-state index contributed by atoms with van der Waals surface area (Å²) in [5.41, 5.74) is 15.0. The Morgan fingerprint density at radius 3 is 1.08 bits per heavy atom. The van der Waals surface area contributed by atoms with E-state index in [0.717, 1.165) is 114 Å². The van der Waals surface area contributed by atoms with Crippen LogP contribution in [0.15, 0.2) is 97.6 Å². The molecule has 66 heavy (non-hydrogen) atoms. The van der Waals surface area contributed by atoms with Crippen molar-refractivity contribution in [3.8, 4) is 56.0 Å². The predicted molar refractivity (Wildman–Crippen MR) is 272 cm³/mol. The summed E-state index contributed by atoms with van der Waals surface area (Å²) >= 11 is 0. The van der Waals surface area contributed by atoms with Gasteiger partial charge in [0.2, 0.25) is 0 Å². The van der Waals surface area contributed by atoms with Gasteiger partial charge in [0.25, 0.3) is 0 Å². The number of nitrogens with one attached hydrogen (secondary N) is 2. The van der Waals surface area contributed by atoms with E-state index in [1.807, 2.05) is 48.2 Å². The number of ether oxygens (including phenoxy) is 2. The fourth-order valence-electron chi connectivity index (χ4n) is 9.10. The van der Waals surface area contributed by atoms with E-state index in [9.17, 15) is 0 Å². The lowest BCUT2D eigenvalue weighted by Gasteiger charge is -2.09. The van der Waals surface area contributed by atoms with Gasteiger partial charge in [-0.1, -0.05) is 102 Å². The van der Waals surface area contributed by atoms with Gasteiger partial charge in [-0.15, -0.1) is 0 Å². The van der Waals surface area contributed by atoms with Gasteiger partial charge in [0.15, 0.2) is 0 Å². The molecule has 0 atom stereocenters. The van der Waals surface area contributed by atoms with Crippen LogP contribution in [0.5, 0.6) is 11.5 Å². The molecule has 2 aliphatic rings. The van der Waals surface area contributed by atoms with Gasteiger partial charge in [-0.05, 0) is 96.8 Å². The summed E-state index contributed by atoms with van der Waals surface area (Å²) in [7, 11) is 3.89. The summed E-state index contributed by atoms with van der Waals surface area (Å²) in [6.07, 6.45) is 31.1. The first-order valence-corrected chi connectivity index (χ1v) is 24.1. The van der Waals surface area contributed by atoms with E-state index in [1.54, 1.807) is 0 Å². The zero-order valence-corrected chi connectivity index (χ0v) is 38.9. The fraction of sp³-hybridized carbons (Fsp3) is 0.321. The first-order valence-electron chi connectivity index (χ1n) is 24.1. The van der Waals surface area contributed by atoms with Crippen LogP contribution >= 0.6 is 0 Å². The van der Waals surface area contributed by atoms with Crippen molar-refractivity contribution in [2.45, 2.75) is 90.9 Å². The minimum Gasteiger partial charge on any atom is -0.494 e. The number of hydrogen-bond acceptors (Lipinski definition) is 6. The highest BCUT2D eigenvalue weighted by molar-refractivity contribution is 5.99. The van der Waals surface area contributed by atoms with E-state index in [-0.39, 0.29) is 0 Å². The van der Waals surface area contributed by atoms with E-state index >= 15 is 0 Å². The number of hydrogen-bond donors (Lipinski definition) is 2. The third-order valence-electron chi connectivity index (χ3n) is 12.6. The van der Waals surface area contributed by atoms with Crippen molar-refractivity contribution in [2.24, 2.45) is 14.1 Å². The number of fused-ring (bicyclic) bond motifs is 8. The molecule has 7 heterocycles. The molecule has 0 spiro atoms. The van der Waals surface area contributed by atoms with Crippen molar-refractivity contribution < 1.29 is 9.47 Å². The molecule has 8 bridgehead atoms. The van der Waals surface area contributed by atoms with E-state index in [2.05, 4.69) is 131 Å². The SMILES string of the molecule is CCCCCCCCOc1ccc(-c2c3nc(c(-c4cnn(C)c4)c4ccc([nH]4)c(-c4ccc(OCCCCCCCC)cc4)c4nc(c(-c5cnn(C)c5)c5ccc2[nH]5)C=C4)C=C3)cc1. The highest BCUT2D eigenvalue weighted by atomic mass is 16.5. The molecule has 2 aromatic carbocycles. The molecule has 2 N–H and O–H groups in total. The largest absolute Gasteiger partial charge is 0.494 e. The Morgan fingerprint density at radius 2 is 0.742 bits per heavy atom. The summed E-state index contributed by atoms with van der Waals surface area (Å²) in [4.78, 5) is 18.5. The molecule has 2 aliphatic heterocycles. The van der Waals surface area contributed by atoms with Crippen LogP contribution in [-0.4, -0.2) is 52.7 Å². The summed E-state index contributed by atoms with van der Waals surface area (Å²) in [5, 5.41) is 9.20. The smallest absolute Gasteiger partial charge is 0.119 e. The Kier molecular flexibility index (Phi) is 14.0. The molecular formula is C56H62N8O2. The van der Waals surface area contributed by atoms with Crippen LogP contribution in [0.3, 0.4) is 0 Å². The summed E-state index contributed by atoms with van der Waals surface area (Å²) in [6.45, 7) is 5.94. The second kappa shape index (κ2) is 20.9. The number of aromatic amines is 2. The van der Waals surface area contributed by atoms with E-state index < -0.39 is 0 Å². The average molecular weight is 879 g/mol. The number of H-pyrrole nitrogens is 2. The van der Waals surface area contributed by atoms with Crippen molar-refractivity contribution in [1.82, 2.24) is 39.5 Å². The predicted octanol–water partition coefficient (Wildman–Crippen LogP) is 14.3. The minimum atomic E-state index is 0.716. The zero-order valence-electron chi connectivity index (χ0n) is 38.9. The van der Waals surface area contributed by atoms with E-state index in [1.165, 1.54) is 64.2 Å². The second-order valence-electron chi connectivity index (χ2n) is 17.6. The lowest BCUT2D eigenvalue weighted by Crippen LogP contribution is -1.97. The van der Waals surface area contributed by atoms with Crippen LogP contribution in [0.25, 0.3) is 90.9 Å². The number of rotatable bonds is 20. The maximum Gasteiger partial charge on any atom is 0.119 e. The van der Waals surface area contributed by atoms with Gasteiger partial charge in [0.1, 0.15) is 11.5 Å². The zero-order chi connectivity index (χ0) is 45.2. The number of aryl methyl sites for hydroxylation is 2. The molecule has 338 valence electrons. The first kappa shape index (κ1) is 44.3. The van der Waals surface area contributed by atoms with Gasteiger partial charge in [0.05, 0.1) is 48.4 Å². The average Bonchev–Trinajstić information content (AvgIpc) is 4.21. The fourth-order valence-corrected chi connectivity index (χ4v) is 9.10. The molecule has 0 radical (unpaired) electrons. The highest BCUT2D eigenvalue weighted by Gasteiger charge is 2.20. The van der Waals surface area contributed by atoms with Gasteiger partial charge in [-0.3, -0.25) is 9.36 Å². The van der Waals surface area contributed by atoms with Crippen molar-refractivity contribution in [1.29, 1.82) is 0 Å². The molecule has 5 aromatic heterocycles. The van der Waals surface area contributed by atoms with Gasteiger partial charge in [-0.2, -0.15) is 10.2 Å². The van der Waals surface area contributed by atoms with E-state index in [0.29, 0.717) is 13.2 Å². The highest BCUT2D eigenvalue weighted by Crippen LogP contribution is 2.39. The molecule has 9 rings (SSSR count). The molecule has 10 heteroatoms. The van der Waals surface area contributed by atoms with Crippen molar-refractivity contribution in [3.05, 3.63) is 120 Å². The van der Waals surface area contributed by atoms with Crippen LogP contribution in [0, 0.1) is 0 Å². The van der Waals surface area contributed by atoms with Crippen molar-refractivity contribution in [3.63, 3.8) is 0 Å². The second-order valence-corrected chi connectivity index (χ2v) is 17.6. The molecule has 0 saturated heterocycles. The third-order valence-corrected chi connectivity index (χ3v) is 12.6. The maximum absolute atomic E-state index is 6.23.